The molecule has 0 aromatic heterocycles. The molecule has 0 spiro atoms. The SMILES string of the molecule is CCCCCCCCCCCCC1CCC(C=O)CC1. The van der Waals surface area contributed by atoms with Crippen LogP contribution in [0.4, 0.5) is 0 Å². The topological polar surface area (TPSA) is 17.1 Å². The standard InChI is InChI=1S/C19H36O/c1-2-3-4-5-6-7-8-9-10-11-12-18-13-15-19(17-20)16-14-18/h17-19H,2-16H2,1H3. The Hall–Kier alpha value is -0.330. The van der Waals surface area contributed by atoms with Crippen LogP contribution < -0.4 is 0 Å². The fourth-order valence-corrected chi connectivity index (χ4v) is 3.53. The summed E-state index contributed by atoms with van der Waals surface area (Å²) in [5.41, 5.74) is 0. The number of unbranched alkanes of at least 4 members (excludes halogenated alkanes) is 9. The highest BCUT2D eigenvalue weighted by atomic mass is 16.1. The summed E-state index contributed by atoms with van der Waals surface area (Å²) in [5, 5.41) is 0. The summed E-state index contributed by atoms with van der Waals surface area (Å²) in [6.07, 6.45) is 21.9. The van der Waals surface area contributed by atoms with Crippen LogP contribution in [0.25, 0.3) is 0 Å². The van der Waals surface area contributed by atoms with Gasteiger partial charge in [-0.2, -0.15) is 0 Å². The first-order valence-corrected chi connectivity index (χ1v) is 9.32. The average Bonchev–Trinajstić information content (AvgIpc) is 2.50. The molecule has 1 nitrogen and oxygen atoms in total. The maximum atomic E-state index is 10.7. The van der Waals surface area contributed by atoms with Crippen molar-refractivity contribution in [2.24, 2.45) is 11.8 Å². The molecule has 0 heterocycles. The largest absolute Gasteiger partial charge is 0.303 e. The molecule has 0 atom stereocenters. The van der Waals surface area contributed by atoms with Gasteiger partial charge in [-0.3, -0.25) is 0 Å². The van der Waals surface area contributed by atoms with Gasteiger partial charge in [-0.05, 0) is 31.6 Å². The van der Waals surface area contributed by atoms with E-state index in [1.807, 2.05) is 0 Å². The molecule has 1 heteroatoms. The normalized spacial score (nSPS) is 22.9. The van der Waals surface area contributed by atoms with Gasteiger partial charge in [0.05, 0.1) is 0 Å². The van der Waals surface area contributed by atoms with Crippen molar-refractivity contribution in [2.75, 3.05) is 0 Å². The first-order chi connectivity index (χ1) is 9.86. The summed E-state index contributed by atoms with van der Waals surface area (Å²) in [4.78, 5) is 10.7. The Bertz CT molecular complexity index is 216. The van der Waals surface area contributed by atoms with Crippen LogP contribution in [0.3, 0.4) is 0 Å². The molecule has 0 N–H and O–H groups in total. The van der Waals surface area contributed by atoms with Crippen molar-refractivity contribution in [1.82, 2.24) is 0 Å². The Morgan fingerprint density at radius 3 is 1.75 bits per heavy atom. The third-order valence-corrected chi connectivity index (χ3v) is 5.05. The summed E-state index contributed by atoms with van der Waals surface area (Å²) in [5.74, 6) is 1.32. The number of rotatable bonds is 12. The minimum Gasteiger partial charge on any atom is -0.303 e. The zero-order valence-electron chi connectivity index (χ0n) is 13.7. The first kappa shape index (κ1) is 17.7. The van der Waals surface area contributed by atoms with E-state index in [1.165, 1.54) is 89.8 Å². The van der Waals surface area contributed by atoms with Crippen LogP contribution in [-0.2, 0) is 4.79 Å². The maximum Gasteiger partial charge on any atom is 0.123 e. The van der Waals surface area contributed by atoms with Crippen molar-refractivity contribution in [3.8, 4) is 0 Å². The van der Waals surface area contributed by atoms with Gasteiger partial charge in [-0.15, -0.1) is 0 Å². The van der Waals surface area contributed by atoms with Crippen molar-refractivity contribution in [1.29, 1.82) is 0 Å². The molecular formula is C19H36O. The van der Waals surface area contributed by atoms with E-state index in [1.54, 1.807) is 0 Å². The highest BCUT2D eigenvalue weighted by Crippen LogP contribution is 2.31. The molecule has 0 radical (unpaired) electrons. The van der Waals surface area contributed by atoms with Gasteiger partial charge in [0.1, 0.15) is 6.29 Å². The van der Waals surface area contributed by atoms with Gasteiger partial charge in [-0.25, -0.2) is 0 Å². The monoisotopic (exact) mass is 280 g/mol. The molecule has 1 rings (SSSR count). The molecule has 0 aromatic carbocycles. The Balaban J connectivity index is 1.80. The van der Waals surface area contributed by atoms with E-state index in [-0.39, 0.29) is 0 Å². The molecule has 1 saturated carbocycles. The van der Waals surface area contributed by atoms with Crippen LogP contribution in [-0.4, -0.2) is 6.29 Å². The average molecular weight is 280 g/mol. The number of carbonyl (C=O) groups excluding carboxylic acids is 1. The second kappa shape index (κ2) is 12.4. The van der Waals surface area contributed by atoms with Crippen molar-refractivity contribution < 1.29 is 4.79 Å². The van der Waals surface area contributed by atoms with Gasteiger partial charge in [0, 0.05) is 5.92 Å². The Morgan fingerprint density at radius 1 is 0.750 bits per heavy atom. The number of carbonyl (C=O) groups is 1. The predicted octanol–water partition coefficient (Wildman–Crippen LogP) is 6.30. The third kappa shape index (κ3) is 8.76. The summed E-state index contributed by atoms with van der Waals surface area (Å²) < 4.78 is 0. The van der Waals surface area contributed by atoms with Gasteiger partial charge in [-0.1, -0.05) is 77.6 Å². The molecule has 0 saturated heterocycles. The molecule has 0 unspecified atom stereocenters. The zero-order chi connectivity index (χ0) is 14.5. The van der Waals surface area contributed by atoms with Gasteiger partial charge in [0.2, 0.25) is 0 Å². The molecule has 0 aromatic rings. The van der Waals surface area contributed by atoms with E-state index < -0.39 is 0 Å². The van der Waals surface area contributed by atoms with Crippen molar-refractivity contribution in [3.63, 3.8) is 0 Å². The Morgan fingerprint density at radius 2 is 1.25 bits per heavy atom. The summed E-state index contributed by atoms with van der Waals surface area (Å²) in [7, 11) is 0. The fourth-order valence-electron chi connectivity index (χ4n) is 3.53. The second-order valence-electron chi connectivity index (χ2n) is 6.89. The molecule has 0 bridgehead atoms. The molecule has 1 fully saturated rings. The van der Waals surface area contributed by atoms with Gasteiger partial charge >= 0.3 is 0 Å². The Kier molecular flexibility index (Phi) is 11.0. The van der Waals surface area contributed by atoms with Gasteiger partial charge in [0.25, 0.3) is 0 Å². The van der Waals surface area contributed by atoms with Crippen LogP contribution in [0.1, 0.15) is 103 Å². The zero-order valence-corrected chi connectivity index (χ0v) is 13.7. The molecule has 118 valence electrons. The van der Waals surface area contributed by atoms with E-state index >= 15 is 0 Å². The fraction of sp³-hybridized carbons (Fsp3) is 0.947. The first-order valence-electron chi connectivity index (χ1n) is 9.32. The lowest BCUT2D eigenvalue weighted by Crippen LogP contribution is -2.15. The van der Waals surface area contributed by atoms with Crippen molar-refractivity contribution in [2.45, 2.75) is 103 Å². The highest BCUT2D eigenvalue weighted by molar-refractivity contribution is 5.53. The summed E-state index contributed by atoms with van der Waals surface area (Å²) >= 11 is 0. The van der Waals surface area contributed by atoms with Gasteiger partial charge in [0.15, 0.2) is 0 Å². The lowest BCUT2D eigenvalue weighted by Gasteiger charge is -2.25. The molecular weight excluding hydrogens is 244 g/mol. The van der Waals surface area contributed by atoms with E-state index in [0.717, 1.165) is 18.8 Å². The van der Waals surface area contributed by atoms with E-state index in [9.17, 15) is 4.79 Å². The maximum absolute atomic E-state index is 10.7. The summed E-state index contributed by atoms with van der Waals surface area (Å²) in [6.45, 7) is 2.28. The molecule has 1 aliphatic rings. The van der Waals surface area contributed by atoms with Crippen molar-refractivity contribution >= 4 is 6.29 Å². The minimum absolute atomic E-state index is 0.388. The van der Waals surface area contributed by atoms with Gasteiger partial charge < -0.3 is 4.79 Å². The number of aldehydes is 1. The third-order valence-electron chi connectivity index (χ3n) is 5.05. The van der Waals surface area contributed by atoms with E-state index in [0.29, 0.717) is 5.92 Å². The van der Waals surface area contributed by atoms with Crippen LogP contribution in [0.15, 0.2) is 0 Å². The molecule has 20 heavy (non-hydrogen) atoms. The highest BCUT2D eigenvalue weighted by Gasteiger charge is 2.19. The lowest BCUT2D eigenvalue weighted by molar-refractivity contribution is -0.112. The molecule has 0 aliphatic heterocycles. The van der Waals surface area contributed by atoms with E-state index in [2.05, 4.69) is 6.92 Å². The predicted molar refractivity (Wildman–Crippen MR) is 88.0 cm³/mol. The van der Waals surface area contributed by atoms with Crippen LogP contribution in [0.2, 0.25) is 0 Å². The van der Waals surface area contributed by atoms with Crippen LogP contribution in [0.5, 0.6) is 0 Å². The lowest BCUT2D eigenvalue weighted by atomic mass is 9.80. The number of hydrogen-bond acceptors (Lipinski definition) is 1. The van der Waals surface area contributed by atoms with E-state index in [4.69, 9.17) is 0 Å². The smallest absolute Gasteiger partial charge is 0.123 e. The second-order valence-corrected chi connectivity index (χ2v) is 6.89. The summed E-state index contributed by atoms with van der Waals surface area (Å²) in [6, 6.07) is 0. The van der Waals surface area contributed by atoms with Crippen LogP contribution >= 0.6 is 0 Å². The van der Waals surface area contributed by atoms with Crippen molar-refractivity contribution in [3.05, 3.63) is 0 Å². The molecule has 0 amide bonds. The van der Waals surface area contributed by atoms with Crippen LogP contribution in [0, 0.1) is 11.8 Å². The Labute approximate surface area is 126 Å². The number of hydrogen-bond donors (Lipinski definition) is 0. The minimum atomic E-state index is 0.388. The molecule has 1 aliphatic carbocycles. The quantitative estimate of drug-likeness (QED) is 0.303.